The summed E-state index contributed by atoms with van der Waals surface area (Å²) in [6.07, 6.45) is 6.33. The van der Waals surface area contributed by atoms with E-state index in [1.807, 2.05) is 19.9 Å². The van der Waals surface area contributed by atoms with Crippen LogP contribution in [0.2, 0.25) is 0 Å². The van der Waals surface area contributed by atoms with Gasteiger partial charge in [-0.1, -0.05) is 5.16 Å². The molecule has 0 aliphatic carbocycles. The number of carbonyl (C=O) groups excluding carboxylic acids is 1. The standard InChI is InChI=1S/C21H28N4O3/c1-14-20(15(2)28-24-14)19-12-18(22-13-23-19)11-16-3-7-25(8-4-16)21(26)17-5-9-27-10-6-17/h12-13,16-17H,3-11H2,1-2H3. The summed E-state index contributed by atoms with van der Waals surface area (Å²) in [5.41, 5.74) is 3.72. The van der Waals surface area contributed by atoms with E-state index < -0.39 is 0 Å². The number of rotatable bonds is 4. The summed E-state index contributed by atoms with van der Waals surface area (Å²) in [5, 5.41) is 4.02. The molecule has 2 aromatic rings. The van der Waals surface area contributed by atoms with E-state index >= 15 is 0 Å². The number of ether oxygens (including phenoxy) is 1. The minimum absolute atomic E-state index is 0.157. The van der Waals surface area contributed by atoms with Crippen LogP contribution in [0.5, 0.6) is 0 Å². The molecule has 4 rings (SSSR count). The SMILES string of the molecule is Cc1noc(C)c1-c1cc(CC2CCN(C(=O)C3CCOCC3)CC2)ncn1. The fourth-order valence-corrected chi connectivity index (χ4v) is 4.35. The second-order valence-electron chi connectivity index (χ2n) is 7.95. The van der Waals surface area contributed by atoms with Gasteiger partial charge in [0, 0.05) is 37.9 Å². The van der Waals surface area contributed by atoms with Crippen LogP contribution in [0.1, 0.15) is 42.8 Å². The normalized spacial score (nSPS) is 19.1. The molecule has 0 bridgehead atoms. The highest BCUT2D eigenvalue weighted by Gasteiger charge is 2.29. The molecule has 4 heterocycles. The Kier molecular flexibility index (Phi) is 5.71. The van der Waals surface area contributed by atoms with Gasteiger partial charge in [0.2, 0.25) is 5.91 Å². The minimum atomic E-state index is 0.157. The van der Waals surface area contributed by atoms with Gasteiger partial charge in [-0.2, -0.15) is 0 Å². The van der Waals surface area contributed by atoms with Crippen molar-refractivity contribution < 1.29 is 14.1 Å². The smallest absolute Gasteiger partial charge is 0.225 e. The zero-order valence-corrected chi connectivity index (χ0v) is 16.7. The molecule has 2 aliphatic rings. The maximum atomic E-state index is 12.7. The molecule has 2 saturated heterocycles. The third-order valence-electron chi connectivity index (χ3n) is 6.01. The number of hydrogen-bond donors (Lipinski definition) is 0. The zero-order valence-electron chi connectivity index (χ0n) is 16.7. The van der Waals surface area contributed by atoms with E-state index in [0.717, 1.165) is 73.6 Å². The molecule has 2 aliphatic heterocycles. The van der Waals surface area contributed by atoms with Gasteiger partial charge in [0.05, 0.1) is 17.0 Å². The summed E-state index contributed by atoms with van der Waals surface area (Å²) in [7, 11) is 0. The molecule has 2 aromatic heterocycles. The van der Waals surface area contributed by atoms with E-state index in [2.05, 4.69) is 20.0 Å². The van der Waals surface area contributed by atoms with Crippen LogP contribution in [-0.4, -0.2) is 52.2 Å². The maximum absolute atomic E-state index is 12.7. The average molecular weight is 384 g/mol. The number of hydrogen-bond acceptors (Lipinski definition) is 6. The number of likely N-dealkylation sites (tertiary alicyclic amines) is 1. The van der Waals surface area contributed by atoms with E-state index in [9.17, 15) is 4.79 Å². The Morgan fingerprint density at radius 2 is 1.89 bits per heavy atom. The number of carbonyl (C=O) groups is 1. The maximum Gasteiger partial charge on any atom is 0.225 e. The van der Waals surface area contributed by atoms with Crippen LogP contribution in [-0.2, 0) is 16.0 Å². The van der Waals surface area contributed by atoms with Crippen LogP contribution in [0.3, 0.4) is 0 Å². The number of aryl methyl sites for hydroxylation is 2. The van der Waals surface area contributed by atoms with E-state index in [1.54, 1.807) is 6.33 Å². The third kappa shape index (κ3) is 4.09. The highest BCUT2D eigenvalue weighted by molar-refractivity contribution is 5.79. The lowest BCUT2D eigenvalue weighted by atomic mass is 9.90. The molecule has 7 heteroatoms. The molecule has 0 N–H and O–H groups in total. The Hall–Kier alpha value is -2.28. The monoisotopic (exact) mass is 384 g/mol. The van der Waals surface area contributed by atoms with Crippen molar-refractivity contribution in [1.82, 2.24) is 20.0 Å². The first-order chi connectivity index (χ1) is 13.6. The first kappa shape index (κ1) is 19.1. The molecule has 0 atom stereocenters. The summed E-state index contributed by atoms with van der Waals surface area (Å²) >= 11 is 0. The lowest BCUT2D eigenvalue weighted by Crippen LogP contribution is -2.43. The van der Waals surface area contributed by atoms with Crippen molar-refractivity contribution in [1.29, 1.82) is 0 Å². The predicted molar refractivity (Wildman–Crippen MR) is 104 cm³/mol. The Morgan fingerprint density at radius 1 is 1.14 bits per heavy atom. The van der Waals surface area contributed by atoms with Crippen LogP contribution < -0.4 is 0 Å². The quantitative estimate of drug-likeness (QED) is 0.806. The van der Waals surface area contributed by atoms with Gasteiger partial charge in [0.25, 0.3) is 0 Å². The molecular formula is C21H28N4O3. The topological polar surface area (TPSA) is 81.4 Å². The van der Waals surface area contributed by atoms with Gasteiger partial charge in [0.15, 0.2) is 0 Å². The molecule has 0 aromatic carbocycles. The average Bonchev–Trinajstić information content (AvgIpc) is 3.07. The van der Waals surface area contributed by atoms with Gasteiger partial charge in [0.1, 0.15) is 12.1 Å². The first-order valence-corrected chi connectivity index (χ1v) is 10.2. The van der Waals surface area contributed by atoms with Crippen molar-refractivity contribution >= 4 is 5.91 Å². The molecule has 0 spiro atoms. The van der Waals surface area contributed by atoms with Gasteiger partial charge in [-0.25, -0.2) is 9.97 Å². The van der Waals surface area contributed by atoms with Crippen molar-refractivity contribution in [3.8, 4) is 11.3 Å². The first-order valence-electron chi connectivity index (χ1n) is 10.2. The molecule has 0 saturated carbocycles. The van der Waals surface area contributed by atoms with Gasteiger partial charge in [-0.3, -0.25) is 4.79 Å². The Labute approximate surface area is 165 Å². The Morgan fingerprint density at radius 3 is 2.57 bits per heavy atom. The lowest BCUT2D eigenvalue weighted by Gasteiger charge is -2.35. The van der Waals surface area contributed by atoms with Gasteiger partial charge in [-0.05, 0) is 57.9 Å². The Bertz CT molecular complexity index is 801. The molecule has 0 radical (unpaired) electrons. The summed E-state index contributed by atoms with van der Waals surface area (Å²) in [5.74, 6) is 1.81. The van der Waals surface area contributed by atoms with Crippen LogP contribution in [0.4, 0.5) is 0 Å². The van der Waals surface area contributed by atoms with Gasteiger partial charge < -0.3 is 14.2 Å². The predicted octanol–water partition coefficient (Wildman–Crippen LogP) is 2.96. The van der Waals surface area contributed by atoms with Crippen LogP contribution in [0.25, 0.3) is 11.3 Å². The summed E-state index contributed by atoms with van der Waals surface area (Å²) in [6.45, 7) is 6.97. The lowest BCUT2D eigenvalue weighted by molar-refractivity contribution is -0.139. The third-order valence-corrected chi connectivity index (χ3v) is 6.01. The van der Waals surface area contributed by atoms with Crippen molar-refractivity contribution in [3.05, 3.63) is 29.5 Å². The molecule has 1 amide bonds. The summed E-state index contributed by atoms with van der Waals surface area (Å²) < 4.78 is 10.6. The van der Waals surface area contributed by atoms with E-state index in [1.165, 1.54) is 0 Å². The number of piperidine rings is 1. The number of nitrogens with zero attached hydrogens (tertiary/aromatic N) is 4. The summed E-state index contributed by atoms with van der Waals surface area (Å²) in [6, 6.07) is 2.05. The van der Waals surface area contributed by atoms with Crippen molar-refractivity contribution in [2.45, 2.75) is 46.0 Å². The number of amides is 1. The Balaban J connectivity index is 1.35. The van der Waals surface area contributed by atoms with Gasteiger partial charge >= 0.3 is 0 Å². The van der Waals surface area contributed by atoms with E-state index in [4.69, 9.17) is 9.26 Å². The van der Waals surface area contributed by atoms with E-state index in [-0.39, 0.29) is 5.92 Å². The highest BCUT2D eigenvalue weighted by atomic mass is 16.5. The highest BCUT2D eigenvalue weighted by Crippen LogP contribution is 2.28. The summed E-state index contributed by atoms with van der Waals surface area (Å²) in [4.78, 5) is 23.6. The van der Waals surface area contributed by atoms with Crippen LogP contribution in [0, 0.1) is 25.7 Å². The van der Waals surface area contributed by atoms with Crippen molar-refractivity contribution in [2.24, 2.45) is 11.8 Å². The molecule has 28 heavy (non-hydrogen) atoms. The zero-order chi connectivity index (χ0) is 19.5. The fourth-order valence-electron chi connectivity index (χ4n) is 4.35. The minimum Gasteiger partial charge on any atom is -0.381 e. The molecule has 0 unspecified atom stereocenters. The van der Waals surface area contributed by atoms with Crippen LogP contribution in [0.15, 0.2) is 16.9 Å². The second kappa shape index (κ2) is 8.39. The van der Waals surface area contributed by atoms with Crippen molar-refractivity contribution in [3.63, 3.8) is 0 Å². The van der Waals surface area contributed by atoms with E-state index in [0.29, 0.717) is 25.0 Å². The number of aromatic nitrogens is 3. The largest absolute Gasteiger partial charge is 0.381 e. The molecule has 7 nitrogen and oxygen atoms in total. The molecular weight excluding hydrogens is 356 g/mol. The molecule has 2 fully saturated rings. The fraction of sp³-hybridized carbons (Fsp3) is 0.619. The molecule has 150 valence electrons. The second-order valence-corrected chi connectivity index (χ2v) is 7.95. The van der Waals surface area contributed by atoms with Crippen LogP contribution >= 0.6 is 0 Å². The van der Waals surface area contributed by atoms with Gasteiger partial charge in [-0.15, -0.1) is 0 Å². The van der Waals surface area contributed by atoms with Crippen molar-refractivity contribution in [2.75, 3.05) is 26.3 Å².